The largest absolute Gasteiger partial charge is 0.376 e. The Morgan fingerprint density at radius 3 is 2.84 bits per heavy atom. The zero-order chi connectivity index (χ0) is 25.8. The van der Waals surface area contributed by atoms with E-state index < -0.39 is 0 Å². The fraction of sp³-hybridized carbons (Fsp3) is 0.448. The van der Waals surface area contributed by atoms with E-state index >= 15 is 0 Å². The lowest BCUT2D eigenvalue weighted by Gasteiger charge is -2.30. The average Bonchev–Trinajstić information content (AvgIpc) is 3.57. The van der Waals surface area contributed by atoms with Gasteiger partial charge in [-0.05, 0) is 72.5 Å². The predicted molar refractivity (Wildman–Crippen MR) is 144 cm³/mol. The van der Waals surface area contributed by atoms with Crippen LogP contribution in [0.3, 0.4) is 0 Å². The second kappa shape index (κ2) is 11.4. The summed E-state index contributed by atoms with van der Waals surface area (Å²) in [7, 11) is 0. The van der Waals surface area contributed by atoms with Gasteiger partial charge in [-0.25, -0.2) is 4.68 Å². The van der Waals surface area contributed by atoms with Gasteiger partial charge in [-0.1, -0.05) is 55.0 Å². The zero-order valence-electron chi connectivity index (χ0n) is 22.0. The van der Waals surface area contributed by atoms with Gasteiger partial charge in [0.1, 0.15) is 0 Å². The molecule has 37 heavy (non-hydrogen) atoms. The Bertz CT molecular complexity index is 1410. The number of benzene rings is 2. The molecule has 1 saturated heterocycles. The van der Waals surface area contributed by atoms with Crippen molar-refractivity contribution in [3.05, 3.63) is 87.0 Å². The number of hydrogen-bond donors (Lipinski definition) is 1. The highest BCUT2D eigenvalue weighted by Gasteiger charge is 2.27. The lowest BCUT2D eigenvalue weighted by atomic mass is 10.0. The van der Waals surface area contributed by atoms with Gasteiger partial charge in [0.05, 0.1) is 24.2 Å². The third-order valence-electron chi connectivity index (χ3n) is 7.39. The summed E-state index contributed by atoms with van der Waals surface area (Å²) in [5, 5.41) is 13.9. The standard InChI is InChI=1S/C29H36N6O2/c1-4-26(28-31-32-33-35(28)19-25-12-7-15-37-25)34(14-13-22-10-5-8-20(2)16-22)18-24-17-23-11-6-9-21(3)27(23)30-29(24)36/h5-6,8-11,16-17,25-26H,4,7,12-15,18-19H2,1-3H3,(H,30,36). The van der Waals surface area contributed by atoms with Gasteiger partial charge in [-0.3, -0.25) is 9.69 Å². The summed E-state index contributed by atoms with van der Waals surface area (Å²) in [6.45, 7) is 9.03. The Morgan fingerprint density at radius 1 is 1.19 bits per heavy atom. The van der Waals surface area contributed by atoms with Crippen LogP contribution >= 0.6 is 0 Å². The van der Waals surface area contributed by atoms with E-state index in [1.165, 1.54) is 11.1 Å². The van der Waals surface area contributed by atoms with E-state index in [0.29, 0.717) is 13.1 Å². The highest BCUT2D eigenvalue weighted by atomic mass is 16.5. The molecule has 8 nitrogen and oxygen atoms in total. The Hall–Kier alpha value is -3.36. The molecule has 0 spiro atoms. The van der Waals surface area contributed by atoms with Crippen molar-refractivity contribution in [1.29, 1.82) is 0 Å². The van der Waals surface area contributed by atoms with E-state index in [1.807, 2.05) is 29.8 Å². The summed E-state index contributed by atoms with van der Waals surface area (Å²) in [5.74, 6) is 0.829. The topological polar surface area (TPSA) is 88.9 Å². The molecular formula is C29H36N6O2. The van der Waals surface area contributed by atoms with Crippen molar-refractivity contribution in [3.63, 3.8) is 0 Å². The van der Waals surface area contributed by atoms with Gasteiger partial charge in [0.2, 0.25) is 0 Å². The van der Waals surface area contributed by atoms with Crippen molar-refractivity contribution in [2.24, 2.45) is 0 Å². The van der Waals surface area contributed by atoms with Gasteiger partial charge < -0.3 is 9.72 Å². The van der Waals surface area contributed by atoms with Crippen LogP contribution in [0.25, 0.3) is 10.9 Å². The summed E-state index contributed by atoms with van der Waals surface area (Å²) in [5.41, 5.74) is 5.20. The van der Waals surface area contributed by atoms with Gasteiger partial charge in [0.25, 0.3) is 5.56 Å². The van der Waals surface area contributed by atoms with E-state index in [0.717, 1.165) is 66.7 Å². The summed E-state index contributed by atoms with van der Waals surface area (Å²) in [4.78, 5) is 18.7. The van der Waals surface area contributed by atoms with Crippen molar-refractivity contribution in [2.75, 3.05) is 13.2 Å². The maximum absolute atomic E-state index is 13.2. The van der Waals surface area contributed by atoms with Crippen molar-refractivity contribution in [1.82, 2.24) is 30.1 Å². The van der Waals surface area contributed by atoms with Gasteiger partial charge in [0, 0.05) is 25.3 Å². The van der Waals surface area contributed by atoms with Crippen LogP contribution in [0.5, 0.6) is 0 Å². The van der Waals surface area contributed by atoms with E-state index in [-0.39, 0.29) is 17.7 Å². The van der Waals surface area contributed by atoms with Crippen molar-refractivity contribution >= 4 is 10.9 Å². The molecule has 0 amide bonds. The van der Waals surface area contributed by atoms with Crippen LogP contribution in [0.15, 0.2) is 53.3 Å². The minimum atomic E-state index is -0.0452. The number of aromatic amines is 1. The van der Waals surface area contributed by atoms with Crippen LogP contribution in [-0.2, 0) is 24.2 Å². The Kier molecular flexibility index (Phi) is 7.76. The van der Waals surface area contributed by atoms with Gasteiger partial charge >= 0.3 is 0 Å². The van der Waals surface area contributed by atoms with Crippen LogP contribution in [0.4, 0.5) is 0 Å². The molecule has 1 N–H and O–H groups in total. The Balaban J connectivity index is 1.47. The Morgan fingerprint density at radius 2 is 2.05 bits per heavy atom. The van der Waals surface area contributed by atoms with Crippen LogP contribution in [0.2, 0.25) is 0 Å². The first-order chi connectivity index (χ1) is 18.0. The number of fused-ring (bicyclic) bond motifs is 1. The third kappa shape index (κ3) is 5.81. The average molecular weight is 501 g/mol. The molecule has 5 rings (SSSR count). The molecule has 4 aromatic rings. The van der Waals surface area contributed by atoms with Gasteiger partial charge in [0.15, 0.2) is 5.82 Å². The first-order valence-corrected chi connectivity index (χ1v) is 13.3. The van der Waals surface area contributed by atoms with Crippen molar-refractivity contribution < 1.29 is 4.74 Å². The lowest BCUT2D eigenvalue weighted by Crippen LogP contribution is -2.34. The van der Waals surface area contributed by atoms with E-state index in [9.17, 15) is 4.79 Å². The monoisotopic (exact) mass is 500 g/mol. The van der Waals surface area contributed by atoms with Crippen molar-refractivity contribution in [3.8, 4) is 0 Å². The minimum Gasteiger partial charge on any atom is -0.376 e. The maximum atomic E-state index is 13.2. The van der Waals surface area contributed by atoms with Crippen LogP contribution in [0.1, 0.15) is 60.3 Å². The number of aromatic nitrogens is 5. The molecule has 2 aromatic carbocycles. The first-order valence-electron chi connectivity index (χ1n) is 13.3. The molecule has 2 atom stereocenters. The number of H-pyrrole nitrogens is 1. The summed E-state index contributed by atoms with van der Waals surface area (Å²) >= 11 is 0. The van der Waals surface area contributed by atoms with Crippen LogP contribution in [-0.4, -0.2) is 49.3 Å². The predicted octanol–water partition coefficient (Wildman–Crippen LogP) is 4.51. The molecule has 8 heteroatoms. The fourth-order valence-electron chi connectivity index (χ4n) is 5.42. The van der Waals surface area contributed by atoms with E-state index in [1.54, 1.807) is 0 Å². The minimum absolute atomic E-state index is 0.0335. The number of aryl methyl sites for hydroxylation is 2. The fourth-order valence-corrected chi connectivity index (χ4v) is 5.42. The van der Waals surface area contributed by atoms with E-state index in [4.69, 9.17) is 4.74 Å². The first kappa shape index (κ1) is 25.3. The number of nitrogens with one attached hydrogen (secondary N) is 1. The number of ether oxygens (including phenoxy) is 1. The molecule has 0 bridgehead atoms. The molecule has 194 valence electrons. The number of pyridine rings is 1. The smallest absolute Gasteiger partial charge is 0.252 e. The third-order valence-corrected chi connectivity index (χ3v) is 7.39. The van der Waals surface area contributed by atoms with Crippen LogP contribution < -0.4 is 5.56 Å². The number of tetrazole rings is 1. The molecule has 0 radical (unpaired) electrons. The number of para-hydroxylation sites is 1. The molecule has 1 fully saturated rings. The highest BCUT2D eigenvalue weighted by molar-refractivity contribution is 5.81. The molecule has 1 aliphatic rings. The molecule has 1 aliphatic heterocycles. The summed E-state index contributed by atoms with van der Waals surface area (Å²) in [6.07, 6.45) is 3.94. The molecule has 3 heterocycles. The van der Waals surface area contributed by atoms with Gasteiger partial charge in [-0.2, -0.15) is 0 Å². The lowest BCUT2D eigenvalue weighted by molar-refractivity contribution is 0.0893. The number of nitrogens with zero attached hydrogens (tertiary/aromatic N) is 5. The highest BCUT2D eigenvalue weighted by Crippen LogP contribution is 2.26. The number of hydrogen-bond acceptors (Lipinski definition) is 6. The number of rotatable bonds is 10. The molecular weight excluding hydrogens is 464 g/mol. The Labute approximate surface area is 217 Å². The van der Waals surface area contributed by atoms with E-state index in [2.05, 4.69) is 69.6 Å². The molecule has 0 saturated carbocycles. The summed E-state index contributed by atoms with van der Waals surface area (Å²) < 4.78 is 7.76. The molecule has 2 unspecified atom stereocenters. The molecule has 2 aromatic heterocycles. The zero-order valence-corrected chi connectivity index (χ0v) is 22.0. The maximum Gasteiger partial charge on any atom is 0.252 e. The SMILES string of the molecule is CCC(c1nnnn1CC1CCCO1)N(CCc1cccc(C)c1)Cc1cc2cccc(C)c2[nH]c1=O. The molecule has 0 aliphatic carbocycles. The normalized spacial score (nSPS) is 16.6. The van der Waals surface area contributed by atoms with Crippen molar-refractivity contribution in [2.45, 2.75) is 71.7 Å². The summed E-state index contributed by atoms with van der Waals surface area (Å²) in [6, 6.07) is 16.7. The quantitative estimate of drug-likeness (QED) is 0.345. The van der Waals surface area contributed by atoms with Crippen LogP contribution in [0, 0.1) is 13.8 Å². The van der Waals surface area contributed by atoms with Gasteiger partial charge in [-0.15, -0.1) is 5.10 Å². The second-order valence-electron chi connectivity index (χ2n) is 10.2. The second-order valence-corrected chi connectivity index (χ2v) is 10.2.